The second kappa shape index (κ2) is 8.91. The Bertz CT molecular complexity index is 659. The molecule has 1 heterocycles. The van der Waals surface area contributed by atoms with Crippen molar-refractivity contribution in [2.24, 2.45) is 0 Å². The quantitative estimate of drug-likeness (QED) is 0.801. The molecule has 5 nitrogen and oxygen atoms in total. The molecular formula is C19H24N2O3. The first-order chi connectivity index (χ1) is 11.7. The molecule has 0 fully saturated rings. The zero-order valence-corrected chi connectivity index (χ0v) is 14.4. The number of carbonyl (C=O) groups is 1. The lowest BCUT2D eigenvalue weighted by Crippen LogP contribution is -2.26. The van der Waals surface area contributed by atoms with Gasteiger partial charge in [-0.2, -0.15) is 0 Å². The van der Waals surface area contributed by atoms with Crippen LogP contribution in [0.4, 0.5) is 0 Å². The van der Waals surface area contributed by atoms with Gasteiger partial charge in [-0.25, -0.2) is 0 Å². The van der Waals surface area contributed by atoms with Crippen LogP contribution in [0.15, 0.2) is 42.7 Å². The first-order valence-corrected chi connectivity index (χ1v) is 8.26. The molecule has 1 aromatic heterocycles. The minimum absolute atomic E-state index is 0.127. The van der Waals surface area contributed by atoms with Crippen LogP contribution < -0.4 is 14.8 Å². The first kappa shape index (κ1) is 17.8. The maximum absolute atomic E-state index is 12.5. The molecule has 0 saturated heterocycles. The van der Waals surface area contributed by atoms with Gasteiger partial charge in [-0.05, 0) is 50.1 Å². The van der Waals surface area contributed by atoms with Gasteiger partial charge in [-0.15, -0.1) is 0 Å². The largest absolute Gasteiger partial charge is 0.490 e. The van der Waals surface area contributed by atoms with Crippen molar-refractivity contribution in [2.75, 3.05) is 13.2 Å². The van der Waals surface area contributed by atoms with Gasteiger partial charge < -0.3 is 14.8 Å². The van der Waals surface area contributed by atoms with Crippen molar-refractivity contribution in [3.05, 3.63) is 53.9 Å². The Morgan fingerprint density at radius 2 is 2.04 bits per heavy atom. The molecule has 0 radical (unpaired) electrons. The Balaban J connectivity index is 2.12. The van der Waals surface area contributed by atoms with Crippen molar-refractivity contribution < 1.29 is 14.3 Å². The minimum atomic E-state index is -0.158. The summed E-state index contributed by atoms with van der Waals surface area (Å²) in [4.78, 5) is 16.6. The third-order valence-electron chi connectivity index (χ3n) is 3.50. The lowest BCUT2D eigenvalue weighted by atomic mass is 10.1. The highest BCUT2D eigenvalue weighted by molar-refractivity contribution is 5.95. The zero-order valence-electron chi connectivity index (χ0n) is 14.4. The van der Waals surface area contributed by atoms with Gasteiger partial charge in [0.2, 0.25) is 0 Å². The number of ether oxygens (including phenoxy) is 2. The van der Waals surface area contributed by atoms with Crippen molar-refractivity contribution in [1.82, 2.24) is 10.3 Å². The van der Waals surface area contributed by atoms with Crippen LogP contribution in [0, 0.1) is 0 Å². The number of rotatable bonds is 8. The van der Waals surface area contributed by atoms with Gasteiger partial charge in [-0.3, -0.25) is 9.78 Å². The van der Waals surface area contributed by atoms with Crippen molar-refractivity contribution >= 4 is 5.91 Å². The number of pyridine rings is 1. The summed E-state index contributed by atoms with van der Waals surface area (Å²) in [6.07, 6.45) is 4.37. The summed E-state index contributed by atoms with van der Waals surface area (Å²) in [5.74, 6) is 1.09. The molecule has 5 heteroatoms. The average molecular weight is 328 g/mol. The van der Waals surface area contributed by atoms with Crippen LogP contribution in [0.1, 0.15) is 49.2 Å². The molecule has 0 saturated carbocycles. The Hall–Kier alpha value is -2.56. The highest BCUT2D eigenvalue weighted by Crippen LogP contribution is 2.29. The molecule has 1 amide bonds. The van der Waals surface area contributed by atoms with Crippen LogP contribution in [0.25, 0.3) is 0 Å². The van der Waals surface area contributed by atoms with E-state index < -0.39 is 0 Å². The number of nitrogens with one attached hydrogen (secondary N) is 1. The highest BCUT2D eigenvalue weighted by Gasteiger charge is 2.14. The summed E-state index contributed by atoms with van der Waals surface area (Å²) in [5.41, 5.74) is 1.50. The van der Waals surface area contributed by atoms with Crippen molar-refractivity contribution in [3.8, 4) is 11.5 Å². The molecule has 0 spiro atoms. The van der Waals surface area contributed by atoms with Gasteiger partial charge >= 0.3 is 0 Å². The maximum Gasteiger partial charge on any atom is 0.251 e. The Morgan fingerprint density at radius 1 is 1.21 bits per heavy atom. The fraction of sp³-hybridized carbons (Fsp3) is 0.368. The molecule has 1 N–H and O–H groups in total. The molecule has 1 unspecified atom stereocenters. The normalized spacial score (nSPS) is 11.6. The zero-order chi connectivity index (χ0) is 17.4. The van der Waals surface area contributed by atoms with Gasteiger partial charge in [0.05, 0.1) is 19.3 Å². The number of aromatic nitrogens is 1. The second-order valence-electron chi connectivity index (χ2n) is 5.42. The first-order valence-electron chi connectivity index (χ1n) is 8.26. The van der Waals surface area contributed by atoms with Crippen LogP contribution in [-0.4, -0.2) is 24.1 Å². The van der Waals surface area contributed by atoms with E-state index in [1.165, 1.54) is 0 Å². The molecule has 0 aliphatic heterocycles. The van der Waals surface area contributed by atoms with E-state index >= 15 is 0 Å². The summed E-state index contributed by atoms with van der Waals surface area (Å²) in [5, 5.41) is 2.97. The SMILES string of the molecule is CCCOc1ccc(C(=O)NC(C)c2cccnc2)cc1OCC. The summed E-state index contributed by atoms with van der Waals surface area (Å²) in [6, 6.07) is 8.91. The molecule has 0 aliphatic carbocycles. The molecule has 128 valence electrons. The van der Waals surface area contributed by atoms with Crippen LogP contribution >= 0.6 is 0 Å². The smallest absolute Gasteiger partial charge is 0.251 e. The predicted molar refractivity (Wildman–Crippen MR) is 93.5 cm³/mol. The Kier molecular flexibility index (Phi) is 6.61. The van der Waals surface area contributed by atoms with E-state index in [2.05, 4.69) is 10.3 Å². The van der Waals surface area contributed by atoms with Gasteiger partial charge in [0.25, 0.3) is 5.91 Å². The van der Waals surface area contributed by atoms with Crippen molar-refractivity contribution in [3.63, 3.8) is 0 Å². The van der Waals surface area contributed by atoms with Crippen molar-refractivity contribution in [2.45, 2.75) is 33.2 Å². The molecule has 24 heavy (non-hydrogen) atoms. The van der Waals surface area contributed by atoms with Gasteiger partial charge in [-0.1, -0.05) is 13.0 Å². The summed E-state index contributed by atoms with van der Waals surface area (Å²) < 4.78 is 11.3. The Labute approximate surface area is 143 Å². The van der Waals surface area contributed by atoms with E-state index in [9.17, 15) is 4.79 Å². The fourth-order valence-electron chi connectivity index (χ4n) is 2.24. The number of hydrogen-bond donors (Lipinski definition) is 1. The lowest BCUT2D eigenvalue weighted by Gasteiger charge is -2.16. The maximum atomic E-state index is 12.5. The van der Waals surface area contributed by atoms with E-state index in [-0.39, 0.29) is 11.9 Å². The Morgan fingerprint density at radius 3 is 2.71 bits per heavy atom. The van der Waals surface area contributed by atoms with E-state index in [1.807, 2.05) is 32.9 Å². The number of nitrogens with zero attached hydrogens (tertiary/aromatic N) is 1. The third-order valence-corrected chi connectivity index (χ3v) is 3.50. The summed E-state index contributed by atoms with van der Waals surface area (Å²) >= 11 is 0. The van der Waals surface area contributed by atoms with Gasteiger partial charge in [0.1, 0.15) is 0 Å². The molecule has 2 rings (SSSR count). The van der Waals surface area contributed by atoms with Gasteiger partial charge in [0.15, 0.2) is 11.5 Å². The van der Waals surface area contributed by atoms with Crippen LogP contribution in [0.2, 0.25) is 0 Å². The van der Waals surface area contributed by atoms with E-state index in [0.29, 0.717) is 30.3 Å². The van der Waals surface area contributed by atoms with Crippen LogP contribution in [0.5, 0.6) is 11.5 Å². The van der Waals surface area contributed by atoms with Gasteiger partial charge in [0, 0.05) is 18.0 Å². The molecule has 1 atom stereocenters. The summed E-state index contributed by atoms with van der Waals surface area (Å²) in [7, 11) is 0. The lowest BCUT2D eigenvalue weighted by molar-refractivity contribution is 0.0939. The van der Waals surface area contributed by atoms with E-state index in [1.54, 1.807) is 30.6 Å². The van der Waals surface area contributed by atoms with E-state index in [4.69, 9.17) is 9.47 Å². The monoisotopic (exact) mass is 328 g/mol. The highest BCUT2D eigenvalue weighted by atomic mass is 16.5. The fourth-order valence-corrected chi connectivity index (χ4v) is 2.24. The number of hydrogen-bond acceptors (Lipinski definition) is 4. The second-order valence-corrected chi connectivity index (χ2v) is 5.42. The standard InChI is InChI=1S/C19H24N2O3/c1-4-11-24-17-9-8-15(12-18(17)23-5-2)19(22)21-14(3)16-7-6-10-20-13-16/h6-10,12-14H,4-5,11H2,1-3H3,(H,21,22). The number of carbonyl (C=O) groups excluding carboxylic acids is 1. The molecule has 2 aromatic rings. The molecule has 0 aliphatic rings. The minimum Gasteiger partial charge on any atom is -0.490 e. The molecule has 1 aromatic carbocycles. The van der Waals surface area contributed by atoms with Crippen molar-refractivity contribution in [1.29, 1.82) is 0 Å². The van der Waals surface area contributed by atoms with Crippen LogP contribution in [-0.2, 0) is 0 Å². The van der Waals surface area contributed by atoms with E-state index in [0.717, 1.165) is 12.0 Å². The van der Waals surface area contributed by atoms with Crippen LogP contribution in [0.3, 0.4) is 0 Å². The number of amides is 1. The predicted octanol–water partition coefficient (Wildman–Crippen LogP) is 3.76. The summed E-state index contributed by atoms with van der Waals surface area (Å²) in [6.45, 7) is 7.00. The average Bonchev–Trinajstić information content (AvgIpc) is 2.61. The molecule has 0 bridgehead atoms. The topological polar surface area (TPSA) is 60.5 Å². The third kappa shape index (κ3) is 4.72. The number of benzene rings is 1. The molecular weight excluding hydrogens is 304 g/mol.